The molecule has 0 aromatic heterocycles. The first kappa shape index (κ1) is 14.8. The number of nitrogens with zero attached hydrogens (tertiary/aromatic N) is 1. The number of rotatable bonds is 5. The Bertz CT molecular complexity index is 627. The number of Topliss-reactive ketones (excluding diaryl/α,β-unsaturated/α-hetero) is 1. The SMILES string of the molecule is CNC[C@@](C)(O)C(=O)C1=NNC[C@@H]1c1ccc2c(c1)OCO2. The Morgan fingerprint density at radius 3 is 3.05 bits per heavy atom. The average Bonchev–Trinajstić information content (AvgIpc) is 3.14. The molecular formula is C15H19N3O4. The van der Waals surface area contributed by atoms with Crippen LogP contribution in [0.2, 0.25) is 0 Å². The van der Waals surface area contributed by atoms with Gasteiger partial charge >= 0.3 is 0 Å². The van der Waals surface area contributed by atoms with E-state index in [9.17, 15) is 9.90 Å². The van der Waals surface area contributed by atoms with E-state index in [2.05, 4.69) is 15.8 Å². The predicted octanol–water partition coefficient (Wildman–Crippen LogP) is -0.00240. The Morgan fingerprint density at radius 2 is 2.27 bits per heavy atom. The van der Waals surface area contributed by atoms with Gasteiger partial charge in [-0.3, -0.25) is 4.79 Å². The Morgan fingerprint density at radius 1 is 1.50 bits per heavy atom. The van der Waals surface area contributed by atoms with E-state index in [-0.39, 0.29) is 25.0 Å². The van der Waals surface area contributed by atoms with Crippen molar-refractivity contribution in [2.75, 3.05) is 26.9 Å². The van der Waals surface area contributed by atoms with Crippen molar-refractivity contribution >= 4 is 11.5 Å². The zero-order valence-electron chi connectivity index (χ0n) is 12.5. The minimum atomic E-state index is -1.49. The molecule has 0 aliphatic carbocycles. The molecular weight excluding hydrogens is 286 g/mol. The van der Waals surface area contributed by atoms with Crippen LogP contribution in [0.5, 0.6) is 11.5 Å². The number of carbonyl (C=O) groups excluding carboxylic acids is 1. The van der Waals surface area contributed by atoms with Crippen LogP contribution in [0.3, 0.4) is 0 Å². The van der Waals surface area contributed by atoms with E-state index in [1.165, 1.54) is 6.92 Å². The number of likely N-dealkylation sites (N-methyl/N-ethyl adjacent to an activating group) is 1. The lowest BCUT2D eigenvalue weighted by Gasteiger charge is -2.23. The molecule has 1 aromatic rings. The van der Waals surface area contributed by atoms with E-state index in [1.54, 1.807) is 7.05 Å². The van der Waals surface area contributed by atoms with E-state index >= 15 is 0 Å². The van der Waals surface area contributed by atoms with E-state index in [0.717, 1.165) is 5.56 Å². The fourth-order valence-electron chi connectivity index (χ4n) is 2.71. The number of hydrazone groups is 1. The molecule has 0 fully saturated rings. The monoisotopic (exact) mass is 305 g/mol. The van der Waals surface area contributed by atoms with Crippen LogP contribution >= 0.6 is 0 Å². The molecule has 0 saturated heterocycles. The third-order valence-electron chi connectivity index (χ3n) is 3.87. The lowest BCUT2D eigenvalue weighted by Crippen LogP contribution is -2.48. The third-order valence-corrected chi connectivity index (χ3v) is 3.87. The Balaban J connectivity index is 1.86. The van der Waals surface area contributed by atoms with E-state index in [1.807, 2.05) is 18.2 Å². The number of hydrogen-bond donors (Lipinski definition) is 3. The molecule has 2 atom stereocenters. The molecule has 1 aromatic carbocycles. The highest BCUT2D eigenvalue weighted by molar-refractivity contribution is 6.44. The molecule has 7 heteroatoms. The molecule has 22 heavy (non-hydrogen) atoms. The number of hydrogen-bond acceptors (Lipinski definition) is 7. The fraction of sp³-hybridized carbons (Fsp3) is 0.467. The summed E-state index contributed by atoms with van der Waals surface area (Å²) >= 11 is 0. The molecule has 0 bridgehead atoms. The average molecular weight is 305 g/mol. The molecule has 2 heterocycles. The first-order valence-corrected chi connectivity index (χ1v) is 7.14. The summed E-state index contributed by atoms with van der Waals surface area (Å²) in [5, 5.41) is 17.2. The number of benzene rings is 1. The van der Waals surface area contributed by atoms with Crippen LogP contribution in [0.1, 0.15) is 18.4 Å². The maximum atomic E-state index is 12.6. The van der Waals surface area contributed by atoms with Gasteiger partial charge in [-0.05, 0) is 31.7 Å². The van der Waals surface area contributed by atoms with Gasteiger partial charge in [0.1, 0.15) is 11.3 Å². The summed E-state index contributed by atoms with van der Waals surface area (Å²) in [5.41, 5.74) is 2.59. The number of aliphatic hydroxyl groups is 1. The van der Waals surface area contributed by atoms with Gasteiger partial charge in [-0.15, -0.1) is 0 Å². The lowest BCUT2D eigenvalue weighted by atomic mass is 9.86. The molecule has 0 saturated carbocycles. The first-order chi connectivity index (χ1) is 10.5. The van der Waals surface area contributed by atoms with Gasteiger partial charge in [-0.1, -0.05) is 6.07 Å². The topological polar surface area (TPSA) is 92.2 Å². The molecule has 0 spiro atoms. The molecule has 3 N–H and O–H groups in total. The highest BCUT2D eigenvalue weighted by Gasteiger charge is 2.39. The molecule has 0 amide bonds. The van der Waals surface area contributed by atoms with Crippen LogP contribution in [0.4, 0.5) is 0 Å². The maximum Gasteiger partial charge on any atom is 0.231 e. The van der Waals surface area contributed by atoms with Crippen molar-refractivity contribution in [3.05, 3.63) is 23.8 Å². The Labute approximate surface area is 128 Å². The van der Waals surface area contributed by atoms with Gasteiger partial charge in [-0.2, -0.15) is 5.10 Å². The highest BCUT2D eigenvalue weighted by atomic mass is 16.7. The van der Waals surface area contributed by atoms with Crippen LogP contribution in [-0.4, -0.2) is 49.1 Å². The molecule has 2 aliphatic heterocycles. The van der Waals surface area contributed by atoms with Gasteiger partial charge in [0.15, 0.2) is 11.5 Å². The van der Waals surface area contributed by atoms with Crippen molar-refractivity contribution in [2.24, 2.45) is 5.10 Å². The quantitative estimate of drug-likeness (QED) is 0.709. The Hall–Kier alpha value is -2.12. The van der Waals surface area contributed by atoms with Gasteiger partial charge in [0.25, 0.3) is 0 Å². The zero-order chi connectivity index (χ0) is 15.7. The number of carbonyl (C=O) groups is 1. The van der Waals surface area contributed by atoms with Crippen molar-refractivity contribution in [1.82, 2.24) is 10.7 Å². The maximum absolute atomic E-state index is 12.6. The van der Waals surface area contributed by atoms with E-state index in [0.29, 0.717) is 23.8 Å². The summed E-state index contributed by atoms with van der Waals surface area (Å²) in [5.74, 6) is 0.764. The second-order valence-electron chi connectivity index (χ2n) is 5.66. The molecule has 0 radical (unpaired) electrons. The number of fused-ring (bicyclic) bond motifs is 1. The van der Waals surface area contributed by atoms with Gasteiger partial charge in [-0.25, -0.2) is 0 Å². The van der Waals surface area contributed by atoms with Crippen LogP contribution in [-0.2, 0) is 4.79 Å². The van der Waals surface area contributed by atoms with Gasteiger partial charge in [0.05, 0.1) is 5.92 Å². The summed E-state index contributed by atoms with van der Waals surface area (Å²) in [6.45, 7) is 2.37. The molecule has 2 aliphatic rings. The molecule has 0 unspecified atom stereocenters. The minimum Gasteiger partial charge on any atom is -0.454 e. The third kappa shape index (κ3) is 2.53. The number of ether oxygens (including phenoxy) is 2. The van der Waals surface area contributed by atoms with Gasteiger partial charge < -0.3 is 25.3 Å². The van der Waals surface area contributed by atoms with Gasteiger partial charge in [0, 0.05) is 13.1 Å². The summed E-state index contributed by atoms with van der Waals surface area (Å²) in [6.07, 6.45) is 0. The molecule has 118 valence electrons. The van der Waals surface area contributed by atoms with Crippen molar-refractivity contribution in [3.63, 3.8) is 0 Å². The van der Waals surface area contributed by atoms with Crippen molar-refractivity contribution in [1.29, 1.82) is 0 Å². The largest absolute Gasteiger partial charge is 0.454 e. The molecule has 3 rings (SSSR count). The van der Waals surface area contributed by atoms with Crippen LogP contribution in [0, 0.1) is 0 Å². The van der Waals surface area contributed by atoms with Crippen LogP contribution in [0.15, 0.2) is 23.3 Å². The highest BCUT2D eigenvalue weighted by Crippen LogP contribution is 2.35. The van der Waals surface area contributed by atoms with E-state index in [4.69, 9.17) is 9.47 Å². The standard InChI is InChI=1S/C15H19N3O4/c1-15(20,7-16-2)14(19)13-10(6-17-18-13)9-3-4-11-12(5-9)22-8-21-11/h3-5,10,16-17,20H,6-8H2,1-2H3/t10-,15-/m1/s1. The van der Waals surface area contributed by atoms with Crippen molar-refractivity contribution < 1.29 is 19.4 Å². The van der Waals surface area contributed by atoms with Gasteiger partial charge in [0.2, 0.25) is 12.6 Å². The fourth-order valence-corrected chi connectivity index (χ4v) is 2.71. The first-order valence-electron chi connectivity index (χ1n) is 7.14. The zero-order valence-corrected chi connectivity index (χ0v) is 12.5. The van der Waals surface area contributed by atoms with Crippen molar-refractivity contribution in [2.45, 2.75) is 18.4 Å². The summed E-state index contributed by atoms with van der Waals surface area (Å²) in [4.78, 5) is 12.6. The Kier molecular flexibility index (Phi) is 3.76. The van der Waals surface area contributed by atoms with Crippen molar-refractivity contribution in [3.8, 4) is 11.5 Å². The predicted molar refractivity (Wildman–Crippen MR) is 80.3 cm³/mol. The van der Waals surface area contributed by atoms with Crippen LogP contribution in [0.25, 0.3) is 0 Å². The summed E-state index contributed by atoms with van der Waals surface area (Å²) in [6, 6.07) is 5.57. The minimum absolute atomic E-state index is 0.165. The van der Waals surface area contributed by atoms with E-state index < -0.39 is 5.60 Å². The lowest BCUT2D eigenvalue weighted by molar-refractivity contribution is -0.128. The summed E-state index contributed by atoms with van der Waals surface area (Å²) in [7, 11) is 1.69. The second kappa shape index (κ2) is 5.58. The molecule has 7 nitrogen and oxygen atoms in total. The summed E-state index contributed by atoms with van der Waals surface area (Å²) < 4.78 is 10.7. The number of nitrogens with one attached hydrogen (secondary N) is 2. The second-order valence-corrected chi connectivity index (χ2v) is 5.66. The smallest absolute Gasteiger partial charge is 0.231 e. The number of ketones is 1. The normalized spacial score (nSPS) is 22.0. The van der Waals surface area contributed by atoms with Crippen LogP contribution < -0.4 is 20.2 Å².